The fraction of sp³-hybridized carbons (Fsp3) is 0.500. The van der Waals surface area contributed by atoms with Crippen LogP contribution >= 0.6 is 0 Å². The summed E-state index contributed by atoms with van der Waals surface area (Å²) in [6.07, 6.45) is 0. The number of hydrogen-bond acceptors (Lipinski definition) is 4. The van der Waals surface area contributed by atoms with Crippen LogP contribution in [0, 0.1) is 0 Å². The molecule has 0 aromatic heterocycles. The minimum Gasteiger partial charge on any atom is -0.475 e. The molecule has 18 heavy (non-hydrogen) atoms. The van der Waals surface area contributed by atoms with E-state index in [0.29, 0.717) is 6.61 Å². The second-order valence-corrected chi connectivity index (χ2v) is 4.68. The zero-order valence-electron chi connectivity index (χ0n) is 10.4. The third-order valence-electron chi connectivity index (χ3n) is 3.31. The molecule has 3 rings (SSSR count). The lowest BCUT2D eigenvalue weighted by Gasteiger charge is -2.27. The Kier molecular flexibility index (Phi) is 3.57. The predicted octanol–water partition coefficient (Wildman–Crippen LogP) is 1.16. The predicted molar refractivity (Wildman–Crippen MR) is 70.0 cm³/mol. The van der Waals surface area contributed by atoms with Crippen LogP contribution in [0.2, 0.25) is 0 Å². The number of benzene rings is 1. The summed E-state index contributed by atoms with van der Waals surface area (Å²) >= 11 is 0. The maximum Gasteiger partial charge on any atom is 0.216 e. The van der Waals surface area contributed by atoms with E-state index in [1.807, 2.05) is 30.3 Å². The summed E-state index contributed by atoms with van der Waals surface area (Å²) in [5.74, 6) is 0.786. The zero-order valence-corrected chi connectivity index (χ0v) is 10.4. The minimum absolute atomic E-state index is 0.262. The van der Waals surface area contributed by atoms with Gasteiger partial charge in [0.15, 0.2) is 0 Å². The summed E-state index contributed by atoms with van der Waals surface area (Å²) < 4.78 is 11.0. The molecule has 2 aliphatic heterocycles. The smallest absolute Gasteiger partial charge is 0.216 e. The van der Waals surface area contributed by atoms with Gasteiger partial charge in [-0.05, 0) is 12.1 Å². The van der Waals surface area contributed by atoms with Gasteiger partial charge in [-0.3, -0.25) is 4.90 Å². The SMILES string of the molecule is c1ccc(C2=N[C@H](CN3CCOCC3)CO2)cc1. The number of morpholine rings is 1. The standard InChI is InChI=1S/C14H18N2O2/c1-2-4-12(5-3-1)14-15-13(11-18-14)10-16-6-8-17-9-7-16/h1-5,13H,6-11H2/t13-/m1/s1. The van der Waals surface area contributed by atoms with Crippen LogP contribution in [0.4, 0.5) is 0 Å². The van der Waals surface area contributed by atoms with Crippen LogP contribution in [0.25, 0.3) is 0 Å². The number of nitrogens with zero attached hydrogens (tertiary/aromatic N) is 2. The highest BCUT2D eigenvalue weighted by Gasteiger charge is 2.23. The van der Waals surface area contributed by atoms with Gasteiger partial charge in [0.2, 0.25) is 5.90 Å². The molecule has 1 fully saturated rings. The van der Waals surface area contributed by atoms with E-state index in [1.165, 1.54) is 0 Å². The van der Waals surface area contributed by atoms with E-state index < -0.39 is 0 Å². The highest BCUT2D eigenvalue weighted by Crippen LogP contribution is 2.13. The van der Waals surface area contributed by atoms with Crippen LogP contribution in [0.5, 0.6) is 0 Å². The van der Waals surface area contributed by atoms with E-state index in [4.69, 9.17) is 9.47 Å². The molecule has 0 amide bonds. The van der Waals surface area contributed by atoms with Gasteiger partial charge < -0.3 is 9.47 Å². The number of rotatable bonds is 3. The molecule has 0 N–H and O–H groups in total. The first kappa shape index (κ1) is 11.7. The summed E-state index contributed by atoms with van der Waals surface area (Å²) in [6.45, 7) is 5.35. The monoisotopic (exact) mass is 246 g/mol. The molecule has 0 spiro atoms. The van der Waals surface area contributed by atoms with Gasteiger partial charge in [-0.1, -0.05) is 18.2 Å². The average molecular weight is 246 g/mol. The number of aliphatic imine (C=N–C) groups is 1. The minimum atomic E-state index is 0.262. The molecule has 0 unspecified atom stereocenters. The van der Waals surface area contributed by atoms with Gasteiger partial charge in [-0.2, -0.15) is 0 Å². The largest absolute Gasteiger partial charge is 0.475 e. The van der Waals surface area contributed by atoms with Crippen molar-refractivity contribution in [1.82, 2.24) is 4.90 Å². The molecule has 96 valence electrons. The fourth-order valence-corrected chi connectivity index (χ4v) is 2.33. The van der Waals surface area contributed by atoms with Gasteiger partial charge in [-0.15, -0.1) is 0 Å². The Hall–Kier alpha value is -1.39. The molecule has 4 heteroatoms. The first-order valence-corrected chi connectivity index (χ1v) is 6.48. The lowest BCUT2D eigenvalue weighted by molar-refractivity contribution is 0.0343. The van der Waals surface area contributed by atoms with Crippen molar-refractivity contribution in [3.05, 3.63) is 35.9 Å². The Morgan fingerprint density at radius 3 is 2.72 bits per heavy atom. The second-order valence-electron chi connectivity index (χ2n) is 4.68. The third kappa shape index (κ3) is 2.71. The third-order valence-corrected chi connectivity index (χ3v) is 3.31. The van der Waals surface area contributed by atoms with Gasteiger partial charge >= 0.3 is 0 Å². The maximum absolute atomic E-state index is 5.69. The fourth-order valence-electron chi connectivity index (χ4n) is 2.33. The van der Waals surface area contributed by atoms with Crippen molar-refractivity contribution >= 4 is 5.90 Å². The highest BCUT2D eigenvalue weighted by molar-refractivity contribution is 5.95. The van der Waals surface area contributed by atoms with E-state index >= 15 is 0 Å². The Labute approximate surface area is 107 Å². The summed E-state index contributed by atoms with van der Waals surface area (Å²) in [5, 5.41) is 0. The maximum atomic E-state index is 5.69. The molecule has 1 aromatic rings. The van der Waals surface area contributed by atoms with E-state index in [-0.39, 0.29) is 6.04 Å². The Balaban J connectivity index is 1.61. The van der Waals surface area contributed by atoms with Gasteiger partial charge in [0.05, 0.1) is 13.2 Å². The average Bonchev–Trinajstić information content (AvgIpc) is 2.89. The summed E-state index contributed by atoms with van der Waals surface area (Å²) in [5.41, 5.74) is 1.07. The van der Waals surface area contributed by atoms with Crippen LogP contribution in [0.3, 0.4) is 0 Å². The molecule has 1 atom stereocenters. The van der Waals surface area contributed by atoms with Crippen molar-refractivity contribution in [2.45, 2.75) is 6.04 Å². The molecule has 1 saturated heterocycles. The van der Waals surface area contributed by atoms with Gasteiger partial charge in [0.1, 0.15) is 12.6 Å². The Morgan fingerprint density at radius 2 is 1.94 bits per heavy atom. The van der Waals surface area contributed by atoms with Crippen LogP contribution in [-0.4, -0.2) is 56.3 Å². The molecule has 4 nitrogen and oxygen atoms in total. The Bertz CT molecular complexity index is 413. The molecular formula is C14H18N2O2. The Morgan fingerprint density at radius 1 is 1.17 bits per heavy atom. The normalized spacial score (nSPS) is 24.7. The van der Waals surface area contributed by atoms with Gasteiger partial charge in [-0.25, -0.2) is 4.99 Å². The van der Waals surface area contributed by atoms with Gasteiger partial charge in [0.25, 0.3) is 0 Å². The van der Waals surface area contributed by atoms with Crippen LogP contribution in [0.15, 0.2) is 35.3 Å². The van der Waals surface area contributed by atoms with Crippen LogP contribution < -0.4 is 0 Å². The van der Waals surface area contributed by atoms with E-state index in [0.717, 1.165) is 44.3 Å². The van der Waals surface area contributed by atoms with E-state index in [9.17, 15) is 0 Å². The van der Waals surface area contributed by atoms with Crippen molar-refractivity contribution < 1.29 is 9.47 Å². The topological polar surface area (TPSA) is 34.1 Å². The highest BCUT2D eigenvalue weighted by atomic mass is 16.5. The van der Waals surface area contributed by atoms with Crippen molar-refractivity contribution in [3.63, 3.8) is 0 Å². The molecule has 2 aliphatic rings. The number of ether oxygens (including phenoxy) is 2. The summed E-state index contributed by atoms with van der Waals surface area (Å²) in [7, 11) is 0. The number of hydrogen-bond donors (Lipinski definition) is 0. The van der Waals surface area contributed by atoms with E-state index in [1.54, 1.807) is 0 Å². The molecule has 0 saturated carbocycles. The van der Waals surface area contributed by atoms with Crippen molar-refractivity contribution in [2.24, 2.45) is 4.99 Å². The summed E-state index contributed by atoms with van der Waals surface area (Å²) in [6, 6.07) is 10.4. The lowest BCUT2D eigenvalue weighted by Crippen LogP contribution is -2.40. The second kappa shape index (κ2) is 5.50. The van der Waals surface area contributed by atoms with Crippen LogP contribution in [0.1, 0.15) is 5.56 Å². The summed E-state index contributed by atoms with van der Waals surface area (Å²) in [4.78, 5) is 7.06. The molecule has 2 heterocycles. The first-order valence-electron chi connectivity index (χ1n) is 6.48. The molecular weight excluding hydrogens is 228 g/mol. The molecule has 1 aromatic carbocycles. The van der Waals surface area contributed by atoms with Crippen molar-refractivity contribution in [1.29, 1.82) is 0 Å². The quantitative estimate of drug-likeness (QED) is 0.802. The van der Waals surface area contributed by atoms with E-state index in [2.05, 4.69) is 9.89 Å². The first-order chi connectivity index (χ1) is 8.92. The van der Waals surface area contributed by atoms with Crippen molar-refractivity contribution in [2.75, 3.05) is 39.5 Å². The van der Waals surface area contributed by atoms with Gasteiger partial charge in [0, 0.05) is 25.2 Å². The molecule has 0 aliphatic carbocycles. The molecule has 0 radical (unpaired) electrons. The molecule has 0 bridgehead atoms. The lowest BCUT2D eigenvalue weighted by atomic mass is 10.2. The van der Waals surface area contributed by atoms with Crippen molar-refractivity contribution in [3.8, 4) is 0 Å². The zero-order chi connectivity index (χ0) is 12.2. The van der Waals surface area contributed by atoms with Crippen LogP contribution in [-0.2, 0) is 9.47 Å².